The van der Waals surface area contributed by atoms with Crippen LogP contribution < -0.4 is 21.3 Å². The fraction of sp³-hybridized carbons (Fsp3) is 0.741. The predicted octanol–water partition coefficient (Wildman–Crippen LogP) is -2.48. The third kappa shape index (κ3) is 8.63. The highest BCUT2D eigenvalue weighted by Crippen LogP contribution is 2.26. The topological polar surface area (TPSA) is 235 Å². The molecule has 3 aliphatic heterocycles. The van der Waals surface area contributed by atoms with Crippen LogP contribution >= 0.6 is 0 Å². The summed E-state index contributed by atoms with van der Waals surface area (Å²) in [7, 11) is 0. The fourth-order valence-corrected chi connectivity index (χ4v) is 5.76. The Hall–Kier alpha value is -3.79. The van der Waals surface area contributed by atoms with E-state index in [0.29, 0.717) is 32.2 Å². The SMILES string of the molecule is C[C@H](NC(=O)[C@@H](NC(=O)[C@@H]1CCCN1)[C@H](C)O)C(=O)N1CCC[C@H]1C(=O)N1CCC[C@H]1C(=O)N[C@@H](CCC(=O)O)C(=O)O. The van der Waals surface area contributed by atoms with Crippen LogP contribution in [0.3, 0.4) is 0 Å². The first-order valence-electron chi connectivity index (χ1n) is 14.7. The van der Waals surface area contributed by atoms with Gasteiger partial charge in [0.05, 0.1) is 12.1 Å². The van der Waals surface area contributed by atoms with Crippen LogP contribution in [0.2, 0.25) is 0 Å². The number of likely N-dealkylation sites (tertiary alicyclic amines) is 2. The Bertz CT molecular complexity index is 1090. The smallest absolute Gasteiger partial charge is 0.326 e. The number of hydrogen-bond donors (Lipinski definition) is 7. The Morgan fingerprint density at radius 2 is 1.49 bits per heavy atom. The van der Waals surface area contributed by atoms with Gasteiger partial charge < -0.3 is 46.4 Å². The van der Waals surface area contributed by atoms with Crippen molar-refractivity contribution in [3.63, 3.8) is 0 Å². The number of aliphatic carboxylic acids is 2. The van der Waals surface area contributed by atoms with E-state index in [2.05, 4.69) is 21.3 Å². The summed E-state index contributed by atoms with van der Waals surface area (Å²) < 4.78 is 0. The van der Waals surface area contributed by atoms with E-state index in [9.17, 15) is 43.8 Å². The molecule has 3 fully saturated rings. The quantitative estimate of drug-likeness (QED) is 0.115. The first kappa shape index (κ1) is 33.7. The molecule has 0 spiro atoms. The van der Waals surface area contributed by atoms with Crippen LogP contribution in [0, 0.1) is 0 Å². The Kier molecular flexibility index (Phi) is 11.8. The van der Waals surface area contributed by atoms with Gasteiger partial charge >= 0.3 is 11.9 Å². The van der Waals surface area contributed by atoms with Gasteiger partial charge in [0.15, 0.2) is 0 Å². The summed E-state index contributed by atoms with van der Waals surface area (Å²) in [5.74, 6) is -5.50. The molecule has 240 valence electrons. The molecule has 3 saturated heterocycles. The van der Waals surface area contributed by atoms with E-state index in [0.717, 1.165) is 6.42 Å². The number of carboxylic acids is 2. The lowest BCUT2D eigenvalue weighted by molar-refractivity contribution is -0.149. The molecule has 0 aliphatic carbocycles. The summed E-state index contributed by atoms with van der Waals surface area (Å²) >= 11 is 0. The van der Waals surface area contributed by atoms with Gasteiger partial charge in [0, 0.05) is 19.5 Å². The van der Waals surface area contributed by atoms with Crippen LogP contribution in [0.1, 0.15) is 65.2 Å². The van der Waals surface area contributed by atoms with Crippen molar-refractivity contribution in [3.8, 4) is 0 Å². The van der Waals surface area contributed by atoms with E-state index in [-0.39, 0.29) is 25.9 Å². The molecule has 16 heteroatoms. The van der Waals surface area contributed by atoms with Crippen LogP contribution in [0.5, 0.6) is 0 Å². The highest BCUT2D eigenvalue weighted by Gasteiger charge is 2.44. The minimum Gasteiger partial charge on any atom is -0.481 e. The minimum absolute atomic E-state index is 0.222. The second kappa shape index (κ2) is 15.1. The number of amides is 5. The Balaban J connectivity index is 1.62. The van der Waals surface area contributed by atoms with Crippen molar-refractivity contribution in [1.29, 1.82) is 0 Å². The Labute approximate surface area is 248 Å². The number of nitrogens with one attached hydrogen (secondary N) is 4. The number of rotatable bonds is 13. The van der Waals surface area contributed by atoms with Crippen LogP contribution in [-0.4, -0.2) is 129 Å². The summed E-state index contributed by atoms with van der Waals surface area (Å²) in [5.41, 5.74) is 0. The zero-order valence-corrected chi connectivity index (χ0v) is 24.4. The summed E-state index contributed by atoms with van der Waals surface area (Å²) in [4.78, 5) is 90.4. The molecule has 43 heavy (non-hydrogen) atoms. The van der Waals surface area contributed by atoms with E-state index >= 15 is 0 Å². The monoisotopic (exact) mass is 610 g/mol. The molecule has 3 aliphatic rings. The van der Waals surface area contributed by atoms with Crippen molar-refractivity contribution >= 4 is 41.5 Å². The standard InChI is InChI=1S/C27H42N6O10/c1-14(29-24(39)21(15(2)34)31-22(37)16-6-3-11-28-16)25(40)33-13-5-8-19(33)26(41)32-12-4-7-18(32)23(38)30-17(27(42)43)9-10-20(35)36/h14-19,21,28,34H,3-13H2,1-2H3,(H,29,39)(H,30,38)(H,31,37)(H,35,36)(H,42,43)/t14-,15-,16-,17-,18-,19-,21-/m0/s1. The van der Waals surface area contributed by atoms with E-state index in [1.807, 2.05) is 0 Å². The predicted molar refractivity (Wildman–Crippen MR) is 148 cm³/mol. The molecule has 0 bridgehead atoms. The minimum atomic E-state index is -1.43. The molecular formula is C27H42N6O10. The maximum absolute atomic E-state index is 13.6. The summed E-state index contributed by atoms with van der Waals surface area (Å²) in [6.07, 6.45) is 0.983. The number of carbonyl (C=O) groups excluding carboxylic acids is 5. The zero-order chi connectivity index (χ0) is 31.8. The van der Waals surface area contributed by atoms with Gasteiger partial charge in [-0.1, -0.05) is 0 Å². The number of aliphatic hydroxyl groups excluding tert-OH is 1. The molecule has 0 radical (unpaired) electrons. The van der Waals surface area contributed by atoms with E-state index < -0.39 is 90.3 Å². The van der Waals surface area contributed by atoms with Gasteiger partial charge in [-0.2, -0.15) is 0 Å². The van der Waals surface area contributed by atoms with Gasteiger partial charge in [0.2, 0.25) is 29.5 Å². The maximum Gasteiger partial charge on any atom is 0.326 e. The van der Waals surface area contributed by atoms with Gasteiger partial charge in [0.1, 0.15) is 30.2 Å². The van der Waals surface area contributed by atoms with Crippen molar-refractivity contribution in [1.82, 2.24) is 31.1 Å². The van der Waals surface area contributed by atoms with Crippen LogP contribution in [0.25, 0.3) is 0 Å². The second-order valence-corrected chi connectivity index (χ2v) is 11.3. The number of carbonyl (C=O) groups is 7. The number of aliphatic hydroxyl groups is 1. The van der Waals surface area contributed by atoms with E-state index in [1.54, 1.807) is 0 Å². The van der Waals surface area contributed by atoms with Gasteiger partial charge in [-0.3, -0.25) is 28.8 Å². The lowest BCUT2D eigenvalue weighted by atomic mass is 10.1. The molecule has 7 N–H and O–H groups in total. The molecular weight excluding hydrogens is 568 g/mol. The lowest BCUT2D eigenvalue weighted by Gasteiger charge is -2.33. The molecule has 0 aromatic rings. The zero-order valence-electron chi connectivity index (χ0n) is 24.4. The highest BCUT2D eigenvalue weighted by atomic mass is 16.4. The highest BCUT2D eigenvalue weighted by molar-refractivity contribution is 5.97. The molecule has 3 heterocycles. The molecule has 16 nitrogen and oxygen atoms in total. The van der Waals surface area contributed by atoms with Crippen molar-refractivity contribution < 1.29 is 48.9 Å². The summed E-state index contributed by atoms with van der Waals surface area (Å²) in [6, 6.07) is -6.16. The average molecular weight is 611 g/mol. The third-order valence-electron chi connectivity index (χ3n) is 8.09. The first-order valence-corrected chi connectivity index (χ1v) is 14.7. The second-order valence-electron chi connectivity index (χ2n) is 11.3. The van der Waals surface area contributed by atoms with Crippen LogP contribution in [0.15, 0.2) is 0 Å². The van der Waals surface area contributed by atoms with Gasteiger partial charge in [-0.15, -0.1) is 0 Å². The van der Waals surface area contributed by atoms with Crippen molar-refractivity contribution in [3.05, 3.63) is 0 Å². The van der Waals surface area contributed by atoms with Gasteiger partial charge in [-0.05, 0) is 65.3 Å². The number of nitrogens with zero attached hydrogens (tertiary/aromatic N) is 2. The van der Waals surface area contributed by atoms with Crippen LogP contribution in [-0.2, 0) is 33.6 Å². The Morgan fingerprint density at radius 3 is 2.07 bits per heavy atom. The van der Waals surface area contributed by atoms with Crippen LogP contribution in [0.4, 0.5) is 0 Å². The number of carboxylic acid groups (broad SMARTS) is 2. The van der Waals surface area contributed by atoms with Gasteiger partial charge in [0.25, 0.3) is 0 Å². The van der Waals surface area contributed by atoms with E-state index in [4.69, 9.17) is 5.11 Å². The van der Waals surface area contributed by atoms with Crippen molar-refractivity contribution in [2.24, 2.45) is 0 Å². The Morgan fingerprint density at radius 1 is 0.837 bits per heavy atom. The van der Waals surface area contributed by atoms with Crippen molar-refractivity contribution in [2.45, 2.75) is 108 Å². The average Bonchev–Trinajstić information content (AvgIpc) is 3.74. The molecule has 0 aromatic carbocycles. The molecule has 0 unspecified atom stereocenters. The molecule has 5 amide bonds. The first-order chi connectivity index (χ1) is 20.3. The largest absolute Gasteiger partial charge is 0.481 e. The third-order valence-corrected chi connectivity index (χ3v) is 8.09. The van der Waals surface area contributed by atoms with Crippen molar-refractivity contribution in [2.75, 3.05) is 19.6 Å². The summed E-state index contributed by atoms with van der Waals surface area (Å²) in [6.45, 7) is 3.92. The van der Waals surface area contributed by atoms with Gasteiger partial charge in [-0.25, -0.2) is 4.79 Å². The molecule has 0 aromatic heterocycles. The number of hydrogen-bond acceptors (Lipinski definition) is 9. The maximum atomic E-state index is 13.6. The summed E-state index contributed by atoms with van der Waals surface area (Å²) in [5, 5.41) is 38.8. The van der Waals surface area contributed by atoms with E-state index in [1.165, 1.54) is 23.6 Å². The molecule has 7 atom stereocenters. The molecule has 3 rings (SSSR count). The molecule has 0 saturated carbocycles. The fourth-order valence-electron chi connectivity index (χ4n) is 5.76. The lowest BCUT2D eigenvalue weighted by Crippen LogP contribution is -2.60. The normalized spacial score (nSPS) is 24.5.